The SMILES string of the molecule is COc1ncnc2c1CN(Cc1coc(-c3cccs3)n1)CC2. The van der Waals surface area contributed by atoms with Crippen LogP contribution in [0.25, 0.3) is 10.8 Å². The predicted molar refractivity (Wildman–Crippen MR) is 86.2 cm³/mol. The van der Waals surface area contributed by atoms with Crippen LogP contribution in [0.3, 0.4) is 0 Å². The number of rotatable bonds is 4. The maximum atomic E-state index is 5.59. The highest BCUT2D eigenvalue weighted by molar-refractivity contribution is 7.13. The van der Waals surface area contributed by atoms with Gasteiger partial charge in [-0.3, -0.25) is 4.90 Å². The molecule has 4 rings (SSSR count). The van der Waals surface area contributed by atoms with Crippen molar-refractivity contribution in [2.75, 3.05) is 13.7 Å². The van der Waals surface area contributed by atoms with Gasteiger partial charge in [0.25, 0.3) is 0 Å². The first-order valence-electron chi connectivity index (χ1n) is 7.41. The fourth-order valence-electron chi connectivity index (χ4n) is 2.80. The number of aromatic nitrogens is 3. The van der Waals surface area contributed by atoms with Crippen LogP contribution in [0.5, 0.6) is 5.88 Å². The van der Waals surface area contributed by atoms with Crippen LogP contribution in [-0.4, -0.2) is 33.5 Å². The Morgan fingerprint density at radius 1 is 1.39 bits per heavy atom. The van der Waals surface area contributed by atoms with Gasteiger partial charge in [-0.25, -0.2) is 15.0 Å². The Kier molecular flexibility index (Phi) is 3.80. The minimum Gasteiger partial charge on any atom is -0.481 e. The van der Waals surface area contributed by atoms with Gasteiger partial charge in [0.05, 0.1) is 23.4 Å². The number of hydrogen-bond acceptors (Lipinski definition) is 7. The smallest absolute Gasteiger partial charge is 0.236 e. The average Bonchev–Trinajstić information content (AvgIpc) is 3.25. The van der Waals surface area contributed by atoms with Gasteiger partial charge in [-0.05, 0) is 11.4 Å². The van der Waals surface area contributed by atoms with Crippen LogP contribution >= 0.6 is 11.3 Å². The molecule has 23 heavy (non-hydrogen) atoms. The van der Waals surface area contributed by atoms with E-state index in [-0.39, 0.29) is 0 Å². The summed E-state index contributed by atoms with van der Waals surface area (Å²) in [7, 11) is 1.65. The summed E-state index contributed by atoms with van der Waals surface area (Å²) in [6.45, 7) is 2.45. The summed E-state index contributed by atoms with van der Waals surface area (Å²) in [5.41, 5.74) is 3.09. The maximum absolute atomic E-state index is 5.59. The second-order valence-corrected chi connectivity index (χ2v) is 6.34. The van der Waals surface area contributed by atoms with Crippen LogP contribution in [0, 0.1) is 0 Å². The van der Waals surface area contributed by atoms with E-state index in [0.717, 1.165) is 47.9 Å². The van der Waals surface area contributed by atoms with Crippen molar-refractivity contribution < 1.29 is 9.15 Å². The molecule has 4 heterocycles. The van der Waals surface area contributed by atoms with E-state index in [1.54, 1.807) is 31.0 Å². The van der Waals surface area contributed by atoms with Crippen molar-refractivity contribution in [1.29, 1.82) is 0 Å². The number of methoxy groups -OCH3 is 1. The molecule has 6 nitrogen and oxygen atoms in total. The van der Waals surface area contributed by atoms with E-state index in [0.29, 0.717) is 11.8 Å². The van der Waals surface area contributed by atoms with Crippen molar-refractivity contribution in [1.82, 2.24) is 19.9 Å². The van der Waals surface area contributed by atoms with Crippen LogP contribution < -0.4 is 4.74 Å². The van der Waals surface area contributed by atoms with Gasteiger partial charge in [0.1, 0.15) is 12.6 Å². The first-order chi connectivity index (χ1) is 11.3. The standard InChI is InChI=1S/C16H16N4O2S/c1-21-15-12-8-20(5-4-13(12)17-10-18-15)7-11-9-22-16(19-11)14-3-2-6-23-14/h2-3,6,9-10H,4-5,7-8H2,1H3. The van der Waals surface area contributed by atoms with E-state index < -0.39 is 0 Å². The third-order valence-electron chi connectivity index (χ3n) is 3.90. The van der Waals surface area contributed by atoms with Gasteiger partial charge >= 0.3 is 0 Å². The quantitative estimate of drug-likeness (QED) is 0.734. The molecule has 0 spiro atoms. The minimum atomic E-state index is 0.666. The molecule has 0 N–H and O–H groups in total. The van der Waals surface area contributed by atoms with Crippen molar-refractivity contribution >= 4 is 11.3 Å². The van der Waals surface area contributed by atoms with E-state index in [9.17, 15) is 0 Å². The van der Waals surface area contributed by atoms with Crippen LogP contribution in [0.1, 0.15) is 17.0 Å². The van der Waals surface area contributed by atoms with Gasteiger partial charge in [0, 0.05) is 31.6 Å². The van der Waals surface area contributed by atoms with E-state index in [1.165, 1.54) is 0 Å². The number of oxazole rings is 1. The van der Waals surface area contributed by atoms with E-state index >= 15 is 0 Å². The van der Waals surface area contributed by atoms with Crippen LogP contribution in [0.15, 0.2) is 34.5 Å². The molecule has 1 aliphatic rings. The summed E-state index contributed by atoms with van der Waals surface area (Å²) in [4.78, 5) is 16.5. The summed E-state index contributed by atoms with van der Waals surface area (Å²) in [5.74, 6) is 1.35. The molecule has 0 bridgehead atoms. The second kappa shape index (κ2) is 6.10. The van der Waals surface area contributed by atoms with E-state index in [4.69, 9.17) is 9.15 Å². The third-order valence-corrected chi connectivity index (χ3v) is 4.76. The van der Waals surface area contributed by atoms with Gasteiger partial charge in [0.15, 0.2) is 0 Å². The molecule has 0 radical (unpaired) electrons. The minimum absolute atomic E-state index is 0.666. The van der Waals surface area contributed by atoms with Crippen molar-refractivity contribution in [2.45, 2.75) is 19.5 Å². The number of nitrogens with zero attached hydrogens (tertiary/aromatic N) is 4. The first-order valence-corrected chi connectivity index (χ1v) is 8.29. The molecular formula is C16H16N4O2S. The Bertz CT molecular complexity index is 786. The number of ether oxygens (including phenoxy) is 1. The Hall–Kier alpha value is -2.25. The number of hydrogen-bond donors (Lipinski definition) is 0. The van der Waals surface area contributed by atoms with Gasteiger partial charge in [-0.15, -0.1) is 11.3 Å². The monoisotopic (exact) mass is 328 g/mol. The van der Waals surface area contributed by atoms with E-state index in [2.05, 4.69) is 19.9 Å². The second-order valence-electron chi connectivity index (χ2n) is 5.39. The van der Waals surface area contributed by atoms with Crippen LogP contribution in [0.2, 0.25) is 0 Å². The molecular weight excluding hydrogens is 312 g/mol. The van der Waals surface area contributed by atoms with Crippen molar-refractivity contribution in [3.05, 3.63) is 47.1 Å². The molecule has 1 aliphatic heterocycles. The molecule has 118 valence electrons. The normalized spacial score (nSPS) is 14.7. The van der Waals surface area contributed by atoms with Crippen LogP contribution in [0.4, 0.5) is 0 Å². The molecule has 0 amide bonds. The molecule has 0 atom stereocenters. The Balaban J connectivity index is 1.50. The average molecular weight is 328 g/mol. The molecule has 0 aromatic carbocycles. The molecule has 7 heteroatoms. The van der Waals surface area contributed by atoms with Gasteiger partial charge < -0.3 is 9.15 Å². The molecule has 0 unspecified atom stereocenters. The van der Waals surface area contributed by atoms with Crippen molar-refractivity contribution in [3.63, 3.8) is 0 Å². The fraction of sp³-hybridized carbons (Fsp3) is 0.312. The van der Waals surface area contributed by atoms with Crippen LogP contribution in [-0.2, 0) is 19.5 Å². The van der Waals surface area contributed by atoms with Crippen molar-refractivity contribution in [2.24, 2.45) is 0 Å². The fourth-order valence-corrected chi connectivity index (χ4v) is 3.46. The highest BCUT2D eigenvalue weighted by Crippen LogP contribution is 2.27. The zero-order chi connectivity index (χ0) is 15.6. The summed E-state index contributed by atoms with van der Waals surface area (Å²) >= 11 is 1.63. The maximum Gasteiger partial charge on any atom is 0.236 e. The Morgan fingerprint density at radius 2 is 2.35 bits per heavy atom. The van der Waals surface area contributed by atoms with Gasteiger partial charge in [0.2, 0.25) is 11.8 Å². The van der Waals surface area contributed by atoms with E-state index in [1.807, 2.05) is 17.5 Å². The molecule has 3 aromatic rings. The van der Waals surface area contributed by atoms with Crippen molar-refractivity contribution in [3.8, 4) is 16.6 Å². The molecule has 0 saturated heterocycles. The van der Waals surface area contributed by atoms with Gasteiger partial charge in [-0.2, -0.15) is 0 Å². The number of fused-ring (bicyclic) bond motifs is 1. The Labute approximate surface area is 137 Å². The lowest BCUT2D eigenvalue weighted by Crippen LogP contribution is -2.31. The largest absolute Gasteiger partial charge is 0.481 e. The lowest BCUT2D eigenvalue weighted by molar-refractivity contribution is 0.233. The third kappa shape index (κ3) is 2.85. The number of thiophene rings is 1. The molecule has 0 fully saturated rings. The molecule has 0 saturated carbocycles. The lowest BCUT2D eigenvalue weighted by atomic mass is 10.1. The highest BCUT2D eigenvalue weighted by atomic mass is 32.1. The summed E-state index contributed by atoms with van der Waals surface area (Å²) in [6.07, 6.45) is 4.20. The van der Waals surface area contributed by atoms with Gasteiger partial charge in [-0.1, -0.05) is 6.07 Å². The highest BCUT2D eigenvalue weighted by Gasteiger charge is 2.22. The zero-order valence-corrected chi connectivity index (χ0v) is 13.5. The molecule has 3 aromatic heterocycles. The predicted octanol–water partition coefficient (Wildman–Crippen LogP) is 2.76. The summed E-state index contributed by atoms with van der Waals surface area (Å²) in [6, 6.07) is 4.01. The lowest BCUT2D eigenvalue weighted by Gasteiger charge is -2.27. The topological polar surface area (TPSA) is 64.3 Å². The summed E-state index contributed by atoms with van der Waals surface area (Å²) < 4.78 is 10.9. The first kappa shape index (κ1) is 14.3. The Morgan fingerprint density at radius 3 is 3.17 bits per heavy atom. The zero-order valence-electron chi connectivity index (χ0n) is 12.7. The molecule has 0 aliphatic carbocycles. The summed E-state index contributed by atoms with van der Waals surface area (Å²) in [5, 5.41) is 2.02.